The Kier molecular flexibility index (Phi) is 5.94. The maximum atomic E-state index is 14.4. The zero-order valence-corrected chi connectivity index (χ0v) is 18.6. The van der Waals surface area contributed by atoms with Gasteiger partial charge in [0, 0.05) is 5.56 Å². The largest absolute Gasteiger partial charge is 0.459 e. The molecule has 5 nitrogen and oxygen atoms in total. The van der Waals surface area contributed by atoms with Crippen molar-refractivity contribution in [2.24, 2.45) is 0 Å². The Hall–Kier alpha value is -2.24. The van der Waals surface area contributed by atoms with Crippen LogP contribution in [0.5, 0.6) is 0 Å². The smallest absolute Gasteiger partial charge is 0.364 e. The van der Waals surface area contributed by atoms with Crippen LogP contribution in [-0.2, 0) is 23.6 Å². The van der Waals surface area contributed by atoms with E-state index in [4.69, 9.17) is 26.0 Å². The Balaban J connectivity index is 2.03. The van der Waals surface area contributed by atoms with Crippen LogP contribution in [0.3, 0.4) is 0 Å². The molecular weight excluding hydrogens is 417 g/mol. The second-order valence-corrected chi connectivity index (χ2v) is 9.53. The Morgan fingerprint density at radius 2 is 1.60 bits per heavy atom. The predicted octanol–water partition coefficient (Wildman–Crippen LogP) is 5.90. The zero-order valence-electron chi connectivity index (χ0n) is 16.9. The maximum Gasteiger partial charge on any atom is 0.364 e. The standard InChI is InChI=1S/C23H24NO4PS/c1-3-26-29(25,27-4-2)23(18-13-6-5-7-14-18)21(28-22(30)24-23)20-16-10-12-17-11-8-9-15-19(17)20/h5-16,21H,3-4H2,1-2H3,(H,24,30)/t21-,23-/m1/s1. The van der Waals surface area contributed by atoms with Crippen LogP contribution >= 0.6 is 19.8 Å². The highest BCUT2D eigenvalue weighted by Crippen LogP contribution is 2.70. The van der Waals surface area contributed by atoms with E-state index in [2.05, 4.69) is 5.32 Å². The molecule has 0 aromatic heterocycles. The van der Waals surface area contributed by atoms with Crippen molar-refractivity contribution < 1.29 is 18.3 Å². The summed E-state index contributed by atoms with van der Waals surface area (Å²) in [5, 5.41) is 4.10. The SMILES string of the molecule is CCOP(=O)(OCC)[C@@]1(c2ccccc2)NC(=S)O[C@@H]1c1cccc2ccccc12. The number of nitrogens with one attached hydrogen (secondary N) is 1. The van der Waals surface area contributed by atoms with Crippen LogP contribution in [0.2, 0.25) is 0 Å². The molecule has 1 heterocycles. The van der Waals surface area contributed by atoms with Crippen molar-refractivity contribution in [3.05, 3.63) is 83.9 Å². The molecule has 1 N–H and O–H groups in total. The monoisotopic (exact) mass is 441 g/mol. The maximum absolute atomic E-state index is 14.4. The van der Waals surface area contributed by atoms with Gasteiger partial charge in [0.1, 0.15) is 0 Å². The molecule has 1 saturated heterocycles. The molecule has 3 aromatic rings. The second-order valence-electron chi connectivity index (χ2n) is 6.94. The number of thiocarbonyl (C=S) groups is 1. The van der Waals surface area contributed by atoms with Crippen molar-refractivity contribution in [3.63, 3.8) is 0 Å². The first-order chi connectivity index (χ1) is 14.6. The molecule has 0 radical (unpaired) electrons. The molecule has 0 saturated carbocycles. The lowest BCUT2D eigenvalue weighted by Gasteiger charge is -2.38. The van der Waals surface area contributed by atoms with Crippen LogP contribution in [0, 0.1) is 0 Å². The molecular formula is C23H24NO4PS. The first kappa shape index (κ1) is 21.0. The lowest BCUT2D eigenvalue weighted by molar-refractivity contribution is 0.137. The van der Waals surface area contributed by atoms with Crippen molar-refractivity contribution in [1.29, 1.82) is 0 Å². The second kappa shape index (κ2) is 8.48. The minimum absolute atomic E-state index is 0.163. The molecule has 0 unspecified atom stereocenters. The molecule has 0 spiro atoms. The topological polar surface area (TPSA) is 56.8 Å². The average Bonchev–Trinajstić information content (AvgIpc) is 3.13. The van der Waals surface area contributed by atoms with Gasteiger partial charge in [0.05, 0.1) is 13.2 Å². The van der Waals surface area contributed by atoms with E-state index in [-0.39, 0.29) is 18.4 Å². The van der Waals surface area contributed by atoms with E-state index in [1.54, 1.807) is 13.8 Å². The van der Waals surface area contributed by atoms with Gasteiger partial charge in [-0.15, -0.1) is 0 Å². The molecule has 7 heteroatoms. The van der Waals surface area contributed by atoms with E-state index in [0.29, 0.717) is 0 Å². The van der Waals surface area contributed by atoms with Crippen molar-refractivity contribution in [3.8, 4) is 0 Å². The molecule has 1 fully saturated rings. The van der Waals surface area contributed by atoms with E-state index >= 15 is 0 Å². The molecule has 0 aliphatic carbocycles. The summed E-state index contributed by atoms with van der Waals surface area (Å²) in [6, 6.07) is 23.5. The molecule has 4 rings (SSSR count). The summed E-state index contributed by atoms with van der Waals surface area (Å²) >= 11 is 5.44. The lowest BCUT2D eigenvalue weighted by atomic mass is 9.92. The van der Waals surface area contributed by atoms with E-state index in [9.17, 15) is 4.57 Å². The van der Waals surface area contributed by atoms with E-state index in [0.717, 1.165) is 21.9 Å². The molecule has 3 aromatic carbocycles. The minimum Gasteiger partial charge on any atom is -0.459 e. The van der Waals surface area contributed by atoms with Gasteiger partial charge in [-0.1, -0.05) is 72.8 Å². The normalized spacial score (nSPS) is 21.4. The Bertz CT molecular complexity index is 1090. The highest BCUT2D eigenvalue weighted by Gasteiger charge is 2.64. The van der Waals surface area contributed by atoms with Crippen LogP contribution in [0.25, 0.3) is 10.8 Å². The van der Waals surface area contributed by atoms with Crippen molar-refractivity contribution in [1.82, 2.24) is 5.32 Å². The van der Waals surface area contributed by atoms with Crippen molar-refractivity contribution >= 4 is 35.8 Å². The van der Waals surface area contributed by atoms with Gasteiger partial charge < -0.3 is 19.1 Å². The molecule has 0 bridgehead atoms. The Morgan fingerprint density at radius 3 is 2.30 bits per heavy atom. The number of rotatable bonds is 7. The predicted molar refractivity (Wildman–Crippen MR) is 122 cm³/mol. The summed E-state index contributed by atoms with van der Waals surface area (Å²) < 4.78 is 32.2. The van der Waals surface area contributed by atoms with Crippen LogP contribution in [0.1, 0.15) is 31.1 Å². The third-order valence-corrected chi connectivity index (χ3v) is 8.11. The van der Waals surface area contributed by atoms with Crippen molar-refractivity contribution in [2.45, 2.75) is 25.2 Å². The van der Waals surface area contributed by atoms with Gasteiger partial charge in [0.15, 0.2) is 6.10 Å². The van der Waals surface area contributed by atoms with Crippen molar-refractivity contribution in [2.75, 3.05) is 13.2 Å². The van der Waals surface area contributed by atoms with Crippen LogP contribution in [0.4, 0.5) is 0 Å². The first-order valence-corrected chi connectivity index (χ1v) is 11.9. The number of benzene rings is 3. The van der Waals surface area contributed by atoms with Crippen LogP contribution < -0.4 is 5.32 Å². The minimum atomic E-state index is -3.78. The summed E-state index contributed by atoms with van der Waals surface area (Å²) in [5.74, 6) is 0. The Labute approximate surface area is 181 Å². The Morgan fingerprint density at radius 1 is 0.967 bits per heavy atom. The van der Waals surface area contributed by atoms with E-state index in [1.807, 2.05) is 72.8 Å². The third-order valence-electron chi connectivity index (χ3n) is 5.25. The quantitative estimate of drug-likeness (QED) is 0.364. The summed E-state index contributed by atoms with van der Waals surface area (Å²) in [4.78, 5) is 0. The molecule has 30 heavy (non-hydrogen) atoms. The fourth-order valence-electron chi connectivity index (χ4n) is 4.08. The van der Waals surface area contributed by atoms with Gasteiger partial charge in [0.25, 0.3) is 5.17 Å². The van der Waals surface area contributed by atoms with E-state index in [1.165, 1.54) is 0 Å². The van der Waals surface area contributed by atoms with Gasteiger partial charge >= 0.3 is 7.60 Å². The fourth-order valence-corrected chi connectivity index (χ4v) is 6.75. The highest BCUT2D eigenvalue weighted by atomic mass is 32.1. The highest BCUT2D eigenvalue weighted by molar-refractivity contribution is 7.80. The number of hydrogen-bond donors (Lipinski definition) is 1. The van der Waals surface area contributed by atoms with E-state index < -0.39 is 19.0 Å². The first-order valence-electron chi connectivity index (χ1n) is 9.97. The number of ether oxygens (including phenoxy) is 1. The molecule has 2 atom stereocenters. The van der Waals surface area contributed by atoms with Gasteiger partial charge in [-0.3, -0.25) is 4.57 Å². The summed E-state index contributed by atoms with van der Waals surface area (Å²) in [6.07, 6.45) is -0.706. The number of fused-ring (bicyclic) bond motifs is 1. The molecule has 1 aliphatic rings. The summed E-state index contributed by atoms with van der Waals surface area (Å²) in [5.41, 5.74) is 1.59. The van der Waals surface area contributed by atoms with Gasteiger partial charge in [0.2, 0.25) is 5.28 Å². The lowest BCUT2D eigenvalue weighted by Crippen LogP contribution is -2.43. The zero-order chi connectivity index (χ0) is 21.2. The van der Waals surface area contributed by atoms with Gasteiger partial charge in [-0.25, -0.2) is 0 Å². The molecule has 156 valence electrons. The summed E-state index contributed by atoms with van der Waals surface area (Å²) in [6.45, 7) is 4.04. The molecule has 1 aliphatic heterocycles. The van der Waals surface area contributed by atoms with Gasteiger partial charge in [-0.05, 0) is 42.4 Å². The van der Waals surface area contributed by atoms with Crippen LogP contribution in [-0.4, -0.2) is 18.4 Å². The summed E-state index contributed by atoms with van der Waals surface area (Å²) in [7, 11) is -3.78. The third kappa shape index (κ3) is 3.34. The molecule has 0 amide bonds. The fraction of sp³-hybridized carbons (Fsp3) is 0.261. The average molecular weight is 441 g/mol. The van der Waals surface area contributed by atoms with Gasteiger partial charge in [-0.2, -0.15) is 0 Å². The van der Waals surface area contributed by atoms with Crippen LogP contribution in [0.15, 0.2) is 72.8 Å². The number of hydrogen-bond acceptors (Lipinski definition) is 5.